The Hall–Kier alpha value is 0.0112. The molecule has 1 aromatic rings. The summed E-state index contributed by atoms with van der Waals surface area (Å²) < 4.78 is 0. The summed E-state index contributed by atoms with van der Waals surface area (Å²) in [7, 11) is 0. The number of rotatable bonds is 0. The minimum Gasteiger partial charge on any atom is -0.508 e. The van der Waals surface area contributed by atoms with Gasteiger partial charge in [0.25, 0.3) is 0 Å². The Morgan fingerprint density at radius 2 is 1.61 bits per heavy atom. The Bertz CT molecular complexity index is 438. The van der Waals surface area contributed by atoms with Crippen molar-refractivity contribution in [2.24, 2.45) is 0 Å². The number of phenols is 1. The molecule has 5 heteroatoms. The van der Waals surface area contributed by atoms with Crippen molar-refractivity contribution in [2.45, 2.75) is 39.5 Å². The van der Waals surface area contributed by atoms with Crippen molar-refractivity contribution in [3.8, 4) is 5.75 Å². The average molecular weight is 408 g/mol. The molecule has 129 valence electrons. The van der Waals surface area contributed by atoms with E-state index in [1.54, 1.807) is 12.1 Å². The number of phenolic OH excluding ortho intramolecular Hbond substituents is 1. The van der Waals surface area contributed by atoms with Crippen LogP contribution in [0.15, 0.2) is 42.0 Å². The fourth-order valence-electron chi connectivity index (χ4n) is 1.49. The maximum atomic E-state index is 9.18. The van der Waals surface area contributed by atoms with Gasteiger partial charge in [0, 0.05) is 11.0 Å². The monoisotopic (exact) mass is 407 g/mol. The van der Waals surface area contributed by atoms with E-state index in [-0.39, 0.29) is 77.8 Å². The van der Waals surface area contributed by atoms with Crippen LogP contribution in [-0.4, -0.2) is 16.1 Å². The van der Waals surface area contributed by atoms with Gasteiger partial charge in [0.1, 0.15) is 5.75 Å². The van der Waals surface area contributed by atoms with Crippen molar-refractivity contribution in [3.63, 3.8) is 0 Å². The van der Waals surface area contributed by atoms with E-state index in [9.17, 15) is 5.11 Å². The number of benzene rings is 1. The Kier molecular flexibility index (Phi) is 30.7. The third kappa shape index (κ3) is 16.6. The molecule has 0 aromatic heterocycles. The molecule has 0 saturated heterocycles. The fraction of sp³-hybridized carbons (Fsp3) is 0.333. The third-order valence-electron chi connectivity index (χ3n) is 2.58. The van der Waals surface area contributed by atoms with Gasteiger partial charge in [-0.1, -0.05) is 39.8 Å². The maximum absolute atomic E-state index is 9.18. The van der Waals surface area contributed by atoms with Gasteiger partial charge in [-0.05, 0) is 23.1 Å². The van der Waals surface area contributed by atoms with Crippen LogP contribution in [0.5, 0.6) is 5.75 Å². The summed E-state index contributed by atoms with van der Waals surface area (Å²) >= 11 is 0. The van der Waals surface area contributed by atoms with Crippen LogP contribution in [0, 0.1) is 20.9 Å². The molecule has 0 aliphatic heterocycles. The van der Waals surface area contributed by atoms with Crippen molar-refractivity contribution in [1.82, 2.24) is 0 Å². The van der Waals surface area contributed by atoms with Crippen LogP contribution >= 0.6 is 24.8 Å². The van der Waals surface area contributed by atoms with Gasteiger partial charge in [0.15, 0.2) is 0 Å². The van der Waals surface area contributed by atoms with Crippen LogP contribution in [0.3, 0.4) is 0 Å². The fourth-order valence-corrected chi connectivity index (χ4v) is 1.49. The quantitative estimate of drug-likeness (QED) is 0.428. The minimum atomic E-state index is 0. The van der Waals surface area contributed by atoms with Gasteiger partial charge in [0.2, 0.25) is 0 Å². The zero-order valence-electron chi connectivity index (χ0n) is 14.9. The molecule has 0 heterocycles. The van der Waals surface area contributed by atoms with Crippen LogP contribution in [0.1, 0.15) is 39.7 Å². The first-order chi connectivity index (χ1) is 7.89. The number of allylic oxidation sites excluding steroid dienone is 4. The average Bonchev–Trinajstić information content (AvgIpc) is 2.69. The molecule has 1 N–H and O–H groups in total. The molecule has 1 aromatic carbocycles. The minimum absolute atomic E-state index is 0. The maximum Gasteiger partial charge on any atom is 3.00 e. The zero-order valence-corrected chi connectivity index (χ0v) is 19.1. The second-order valence-corrected chi connectivity index (χ2v) is 5.27. The van der Waals surface area contributed by atoms with E-state index in [2.05, 4.69) is 45.9 Å². The van der Waals surface area contributed by atoms with E-state index in [1.807, 2.05) is 12.1 Å². The standard InChI is InChI=1S/C10H14O.C6H7.2CH3.2ClH.Si.Ti/c1-10(2,3)8-5-4-6-9(11)7-8;1-6-4-2-3-5-6;;;;;;/h4-7,11H,1-3H3;2,4H,3H2,1H3;2*1H3;2*1H;;/q;3*-1;;;;+3. The van der Waals surface area contributed by atoms with Gasteiger partial charge in [-0.25, -0.2) is 11.6 Å². The van der Waals surface area contributed by atoms with E-state index in [0.717, 1.165) is 12.0 Å². The predicted molar refractivity (Wildman–Crippen MR) is 106 cm³/mol. The zero-order chi connectivity index (χ0) is 12.9. The summed E-state index contributed by atoms with van der Waals surface area (Å²) in [6.07, 6.45) is 8.33. The molecule has 1 aliphatic rings. The first-order valence-corrected chi connectivity index (χ1v) is 5.93. The van der Waals surface area contributed by atoms with Gasteiger partial charge in [0.05, 0.1) is 0 Å². The van der Waals surface area contributed by atoms with Crippen molar-refractivity contribution in [1.29, 1.82) is 0 Å². The van der Waals surface area contributed by atoms with E-state index >= 15 is 0 Å². The molecule has 0 bridgehead atoms. The first kappa shape index (κ1) is 38.5. The van der Waals surface area contributed by atoms with E-state index in [0.29, 0.717) is 5.75 Å². The molecular weight excluding hydrogens is 379 g/mol. The van der Waals surface area contributed by atoms with Crippen LogP contribution < -0.4 is 0 Å². The molecule has 1 aliphatic carbocycles. The Morgan fingerprint density at radius 1 is 1.09 bits per heavy atom. The van der Waals surface area contributed by atoms with Crippen molar-refractivity contribution in [2.75, 3.05) is 0 Å². The van der Waals surface area contributed by atoms with Crippen LogP contribution in [0.25, 0.3) is 0 Å². The second kappa shape index (κ2) is 18.4. The van der Waals surface area contributed by atoms with Gasteiger partial charge in [-0.2, -0.15) is 6.08 Å². The van der Waals surface area contributed by atoms with E-state index in [4.69, 9.17) is 0 Å². The Balaban J connectivity index is -0.0000000540. The molecule has 0 spiro atoms. The largest absolute Gasteiger partial charge is 3.00 e. The molecule has 2 rings (SSSR count). The first-order valence-electron chi connectivity index (χ1n) is 5.93. The van der Waals surface area contributed by atoms with Crippen LogP contribution in [0.4, 0.5) is 0 Å². The molecule has 5 radical (unpaired) electrons. The van der Waals surface area contributed by atoms with Crippen molar-refractivity contribution < 1.29 is 26.8 Å². The van der Waals surface area contributed by atoms with Crippen molar-refractivity contribution >= 4 is 35.8 Å². The van der Waals surface area contributed by atoms with Gasteiger partial charge < -0.3 is 20.0 Å². The van der Waals surface area contributed by atoms with Gasteiger partial charge >= 0.3 is 21.7 Å². The molecule has 0 fully saturated rings. The molecule has 0 amide bonds. The molecule has 1 nitrogen and oxygen atoms in total. The molecule has 0 unspecified atom stereocenters. The molecule has 0 saturated carbocycles. The van der Waals surface area contributed by atoms with Crippen molar-refractivity contribution in [3.05, 3.63) is 68.5 Å². The summed E-state index contributed by atoms with van der Waals surface area (Å²) in [6.45, 7) is 8.44. The normalized spacial score (nSPS) is 10.3. The van der Waals surface area contributed by atoms with Gasteiger partial charge in [-0.3, -0.25) is 6.08 Å². The summed E-state index contributed by atoms with van der Waals surface area (Å²) in [5.74, 6) is 0.345. The topological polar surface area (TPSA) is 20.2 Å². The second-order valence-electron chi connectivity index (χ2n) is 5.27. The molecule has 23 heavy (non-hydrogen) atoms. The number of hydrogen-bond donors (Lipinski definition) is 1. The third-order valence-corrected chi connectivity index (χ3v) is 2.58. The summed E-state index contributed by atoms with van der Waals surface area (Å²) in [5, 5.41) is 9.18. The molecular formula is C18H29Cl2OSiTi. The van der Waals surface area contributed by atoms with E-state index < -0.39 is 0 Å². The molecule has 0 atom stereocenters. The van der Waals surface area contributed by atoms with E-state index in [1.165, 1.54) is 5.57 Å². The Morgan fingerprint density at radius 3 is 1.83 bits per heavy atom. The Labute approximate surface area is 175 Å². The van der Waals surface area contributed by atoms with Gasteiger partial charge in [-0.15, -0.1) is 31.2 Å². The summed E-state index contributed by atoms with van der Waals surface area (Å²) in [6, 6.07) is 7.39. The SMILES string of the molecule is CC(C)(C)c1cccc(O)c1.CC1=[C-]CC=C1.Cl.Cl.[CH3-].[CH3-].[Si].[Ti+3]. The van der Waals surface area contributed by atoms with Crippen LogP contribution in [0.2, 0.25) is 0 Å². The number of hydrogen-bond acceptors (Lipinski definition) is 1. The smallest absolute Gasteiger partial charge is 0.508 e. The summed E-state index contributed by atoms with van der Waals surface area (Å²) in [4.78, 5) is 0. The summed E-state index contributed by atoms with van der Waals surface area (Å²) in [5.41, 5.74) is 2.56. The van der Waals surface area contributed by atoms with Crippen LogP contribution in [-0.2, 0) is 27.1 Å². The number of aromatic hydroxyl groups is 1. The predicted octanol–water partition coefficient (Wildman–Crippen LogP) is 5.75. The number of halogens is 2.